The van der Waals surface area contributed by atoms with E-state index < -0.39 is 6.10 Å². The summed E-state index contributed by atoms with van der Waals surface area (Å²) in [5.74, 6) is 4.69. The topological polar surface area (TPSA) is 81.8 Å². The van der Waals surface area contributed by atoms with Crippen molar-refractivity contribution in [2.45, 2.75) is 13.0 Å². The van der Waals surface area contributed by atoms with Crippen LogP contribution in [0, 0.1) is 12.1 Å². The monoisotopic (exact) mass is 231 g/mol. The lowest BCUT2D eigenvalue weighted by Crippen LogP contribution is -2.26. The molecule has 1 atom stereocenters. The summed E-state index contributed by atoms with van der Waals surface area (Å²) in [5, 5.41) is 20.1. The van der Waals surface area contributed by atoms with Crippen molar-refractivity contribution in [3.05, 3.63) is 39.6 Å². The Morgan fingerprint density at radius 3 is 2.87 bits per heavy atom. The molecule has 5 nitrogen and oxygen atoms in total. The van der Waals surface area contributed by atoms with E-state index in [2.05, 4.69) is 4.84 Å². The summed E-state index contributed by atoms with van der Waals surface area (Å²) < 4.78 is 0. The van der Waals surface area contributed by atoms with Crippen LogP contribution < -0.4 is 5.84 Å². The van der Waals surface area contributed by atoms with Gasteiger partial charge < -0.3 is 10.3 Å². The first-order valence-electron chi connectivity index (χ1n) is 4.29. The van der Waals surface area contributed by atoms with Gasteiger partial charge in [-0.15, -0.1) is 0 Å². The van der Waals surface area contributed by atoms with Gasteiger partial charge in [-0.1, -0.05) is 23.7 Å². The summed E-state index contributed by atoms with van der Waals surface area (Å²) in [6, 6.07) is 5.21. The average molecular weight is 232 g/mol. The highest BCUT2D eigenvalue weighted by Crippen LogP contribution is 2.24. The summed E-state index contributed by atoms with van der Waals surface area (Å²) in [6.07, 6.45) is -0.974. The summed E-state index contributed by atoms with van der Waals surface area (Å²) in [4.78, 5) is 4.39. The Kier molecular flexibility index (Phi) is 4.46. The van der Waals surface area contributed by atoms with E-state index in [1.165, 1.54) is 0 Å². The molecule has 84 valence electrons. The number of halogens is 1. The van der Waals surface area contributed by atoms with Gasteiger partial charge in [0.05, 0.1) is 6.61 Å². The molecule has 15 heavy (non-hydrogen) atoms. The van der Waals surface area contributed by atoms with Crippen molar-refractivity contribution in [1.29, 1.82) is 0 Å². The summed E-state index contributed by atoms with van der Waals surface area (Å²) in [6.45, 7) is 1.65. The number of nitrogens with zero attached hydrogens (tertiary/aromatic N) is 1. The molecule has 0 aliphatic rings. The molecule has 0 bridgehead atoms. The van der Waals surface area contributed by atoms with Gasteiger partial charge in [-0.3, -0.25) is 10.7 Å². The number of hydrogen-bond acceptors (Lipinski definition) is 5. The highest BCUT2D eigenvalue weighted by Gasteiger charge is 2.11. The predicted molar refractivity (Wildman–Crippen MR) is 56.5 cm³/mol. The molecule has 0 radical (unpaired) electrons. The van der Waals surface area contributed by atoms with E-state index in [4.69, 9.17) is 17.4 Å². The molecule has 0 unspecified atom stereocenters. The molecule has 0 spiro atoms. The molecule has 0 heterocycles. The van der Waals surface area contributed by atoms with Crippen molar-refractivity contribution in [1.82, 2.24) is 5.34 Å². The second-order valence-corrected chi connectivity index (χ2v) is 3.53. The van der Waals surface area contributed by atoms with Crippen molar-refractivity contribution >= 4 is 11.6 Å². The van der Waals surface area contributed by atoms with E-state index in [0.29, 0.717) is 10.6 Å². The number of nitrogens with two attached hydrogens (primary N) is 1. The van der Waals surface area contributed by atoms with Gasteiger partial charge in [-0.2, -0.15) is 5.34 Å². The Morgan fingerprint density at radius 2 is 2.33 bits per heavy atom. The zero-order valence-corrected chi connectivity index (χ0v) is 8.94. The number of aryl methyl sites for hydroxylation is 1. The third-order valence-corrected chi connectivity index (χ3v) is 2.20. The van der Waals surface area contributed by atoms with Crippen LogP contribution in [0.2, 0.25) is 5.02 Å². The third-order valence-electron chi connectivity index (χ3n) is 1.87. The number of hydrogen-bond donors (Lipinski definition) is 2. The molecule has 3 N–H and O–H groups in total. The van der Waals surface area contributed by atoms with E-state index >= 15 is 0 Å². The molecule has 0 saturated heterocycles. The summed E-state index contributed by atoms with van der Waals surface area (Å²) in [7, 11) is 0. The Morgan fingerprint density at radius 1 is 1.67 bits per heavy atom. The minimum Gasteiger partial charge on any atom is -0.748 e. The van der Waals surface area contributed by atoms with Crippen molar-refractivity contribution in [2.24, 2.45) is 5.84 Å². The third kappa shape index (κ3) is 3.75. The zero-order valence-electron chi connectivity index (χ0n) is 8.18. The molecule has 0 aliphatic heterocycles. The second-order valence-electron chi connectivity index (χ2n) is 3.12. The van der Waals surface area contributed by atoms with Gasteiger partial charge in [0, 0.05) is 10.6 Å². The largest absolute Gasteiger partial charge is 0.748 e. The maximum Gasteiger partial charge on any atom is 0.106 e. The number of rotatable bonds is 4. The second kappa shape index (κ2) is 5.41. The van der Waals surface area contributed by atoms with Gasteiger partial charge >= 0.3 is 0 Å². The van der Waals surface area contributed by atoms with Crippen molar-refractivity contribution in [2.75, 3.05) is 6.61 Å². The minimum atomic E-state index is -0.974. The summed E-state index contributed by atoms with van der Waals surface area (Å²) >= 11 is 5.90. The first kappa shape index (κ1) is 12.4. The van der Waals surface area contributed by atoms with Gasteiger partial charge in [0.15, 0.2) is 0 Å². The van der Waals surface area contributed by atoms with Crippen LogP contribution in [-0.2, 0) is 4.84 Å². The number of benzene rings is 1. The predicted octanol–water partition coefficient (Wildman–Crippen LogP) is 1.29. The van der Waals surface area contributed by atoms with Gasteiger partial charge in [-0.25, -0.2) is 0 Å². The molecule has 1 aromatic carbocycles. The van der Waals surface area contributed by atoms with Crippen LogP contribution in [-0.4, -0.2) is 17.0 Å². The van der Waals surface area contributed by atoms with E-state index in [1.807, 2.05) is 13.0 Å². The minimum absolute atomic E-state index is 0.203. The number of hydrazine groups is 1. The smallest absolute Gasteiger partial charge is 0.106 e. The Bertz CT molecular complexity index is 333. The lowest BCUT2D eigenvalue weighted by molar-refractivity contribution is -0.148. The van der Waals surface area contributed by atoms with E-state index in [9.17, 15) is 10.3 Å². The van der Waals surface area contributed by atoms with Crippen LogP contribution in [0.15, 0.2) is 18.2 Å². The normalized spacial score (nSPS) is 13.2. The average Bonchev–Trinajstić information content (AvgIpc) is 2.14. The van der Waals surface area contributed by atoms with Crippen LogP contribution in [0.25, 0.3) is 0 Å². The maximum atomic E-state index is 10.2. The lowest BCUT2D eigenvalue weighted by Gasteiger charge is -2.22. The van der Waals surface area contributed by atoms with Crippen molar-refractivity contribution in [3.63, 3.8) is 0 Å². The molecule has 0 aromatic heterocycles. The first-order chi connectivity index (χ1) is 7.00. The van der Waals surface area contributed by atoms with Gasteiger partial charge in [0.25, 0.3) is 0 Å². The lowest BCUT2D eigenvalue weighted by atomic mass is 10.1. The highest BCUT2D eigenvalue weighted by atomic mass is 35.5. The first-order valence-corrected chi connectivity index (χ1v) is 4.67. The van der Waals surface area contributed by atoms with E-state index in [0.717, 1.165) is 5.56 Å². The van der Waals surface area contributed by atoms with Crippen LogP contribution in [0.1, 0.15) is 17.2 Å². The SMILES string of the molecule is Cc1ccc([C@H](O)CON(N)[O-])c(Cl)c1. The fourth-order valence-electron chi connectivity index (χ4n) is 1.14. The Hall–Kier alpha value is -0.690. The van der Waals surface area contributed by atoms with Crippen molar-refractivity contribution < 1.29 is 9.94 Å². The number of aliphatic hydroxyl groups excluding tert-OH is 1. The molecule has 0 amide bonds. The summed E-state index contributed by atoms with van der Waals surface area (Å²) in [5.41, 5.74) is 1.49. The molecule has 0 saturated carbocycles. The van der Waals surface area contributed by atoms with Crippen LogP contribution in [0.5, 0.6) is 0 Å². The molecule has 6 heteroatoms. The van der Waals surface area contributed by atoms with Gasteiger partial charge in [0.2, 0.25) is 0 Å². The van der Waals surface area contributed by atoms with Crippen LogP contribution in [0.3, 0.4) is 0 Å². The molecular weight excluding hydrogens is 220 g/mol. The molecule has 0 fully saturated rings. The number of aliphatic hydroxyl groups is 1. The van der Waals surface area contributed by atoms with E-state index in [1.54, 1.807) is 12.1 Å². The highest BCUT2D eigenvalue weighted by molar-refractivity contribution is 6.31. The Labute approximate surface area is 92.5 Å². The van der Waals surface area contributed by atoms with E-state index in [-0.39, 0.29) is 11.9 Å². The maximum absolute atomic E-state index is 10.2. The van der Waals surface area contributed by atoms with Crippen LogP contribution >= 0.6 is 11.6 Å². The van der Waals surface area contributed by atoms with Gasteiger partial charge in [-0.05, 0) is 18.6 Å². The zero-order chi connectivity index (χ0) is 11.4. The quantitative estimate of drug-likeness (QED) is 0.603. The molecule has 1 aromatic rings. The fraction of sp³-hybridized carbons (Fsp3) is 0.333. The molecular formula is C9H12ClN2O3-. The van der Waals surface area contributed by atoms with Crippen molar-refractivity contribution in [3.8, 4) is 0 Å². The van der Waals surface area contributed by atoms with Gasteiger partial charge in [0.1, 0.15) is 6.10 Å². The molecule has 1 rings (SSSR count). The van der Waals surface area contributed by atoms with Crippen LogP contribution in [0.4, 0.5) is 0 Å². The Balaban J connectivity index is 2.69. The standard InChI is InChI=1S/C9H12ClN2O3/c1-6-2-3-7(8(10)4-6)9(13)5-15-12(11)14/h2-4,9,13H,5,11H2,1H3/q-1/t9-/m1/s1. The molecule has 0 aliphatic carbocycles. The fourth-order valence-corrected chi connectivity index (χ4v) is 1.50.